The van der Waals surface area contributed by atoms with Crippen LogP contribution in [0.15, 0.2) is 11.6 Å². The number of hydrogen-bond acceptors (Lipinski definition) is 4. The average Bonchev–Trinajstić information content (AvgIpc) is 2.50. The minimum Gasteiger partial charge on any atom is -0.464 e. The van der Waals surface area contributed by atoms with Crippen LogP contribution in [0.2, 0.25) is 0 Å². The molecule has 0 N–H and O–H groups in total. The predicted octanol–water partition coefficient (Wildman–Crippen LogP) is 1.45. The van der Waals surface area contributed by atoms with Gasteiger partial charge in [0.15, 0.2) is 0 Å². The maximum absolute atomic E-state index is 11.8. The molecule has 88 valence electrons. The van der Waals surface area contributed by atoms with Gasteiger partial charge in [-0.2, -0.15) is 0 Å². The fourth-order valence-corrected chi connectivity index (χ4v) is 2.64. The van der Waals surface area contributed by atoms with E-state index < -0.39 is 11.5 Å². The average molecular weight is 224 g/mol. The topological polar surface area (TPSA) is 52.6 Å². The van der Waals surface area contributed by atoms with Gasteiger partial charge in [0, 0.05) is 19.3 Å². The minimum absolute atomic E-state index is 0.0399. The second kappa shape index (κ2) is 3.61. The fraction of sp³-hybridized carbons (Fsp3) is 0.667. The van der Waals surface area contributed by atoms with Gasteiger partial charge in [-0.3, -0.25) is 9.59 Å². The van der Waals surface area contributed by atoms with Crippen LogP contribution in [-0.4, -0.2) is 24.6 Å². The van der Waals surface area contributed by atoms with Crippen molar-refractivity contribution in [2.24, 2.45) is 11.3 Å². The Morgan fingerprint density at radius 1 is 1.62 bits per heavy atom. The zero-order chi connectivity index (χ0) is 11.9. The molecular weight excluding hydrogens is 208 g/mol. The molecule has 1 aliphatic heterocycles. The molecule has 0 amide bonds. The lowest BCUT2D eigenvalue weighted by molar-refractivity contribution is -0.163. The van der Waals surface area contributed by atoms with E-state index in [1.807, 2.05) is 19.9 Å². The summed E-state index contributed by atoms with van der Waals surface area (Å²) in [4.78, 5) is 22.9. The van der Waals surface area contributed by atoms with Gasteiger partial charge in [0.2, 0.25) is 0 Å². The Balaban J connectivity index is 2.34. The van der Waals surface area contributed by atoms with Gasteiger partial charge in [-0.1, -0.05) is 11.6 Å². The molecule has 2 rings (SSSR count). The Morgan fingerprint density at radius 2 is 2.31 bits per heavy atom. The third kappa shape index (κ3) is 1.44. The van der Waals surface area contributed by atoms with Gasteiger partial charge in [-0.05, 0) is 13.8 Å². The van der Waals surface area contributed by atoms with Crippen LogP contribution in [0.25, 0.3) is 0 Å². The van der Waals surface area contributed by atoms with Crippen molar-refractivity contribution in [3.05, 3.63) is 11.6 Å². The first-order chi connectivity index (χ1) is 7.46. The maximum Gasteiger partial charge on any atom is 0.316 e. The van der Waals surface area contributed by atoms with Crippen LogP contribution in [0, 0.1) is 11.3 Å². The monoisotopic (exact) mass is 224 g/mol. The molecule has 0 aromatic rings. The van der Waals surface area contributed by atoms with Gasteiger partial charge < -0.3 is 9.47 Å². The van der Waals surface area contributed by atoms with E-state index in [2.05, 4.69) is 0 Å². The molecule has 0 aromatic heterocycles. The van der Waals surface area contributed by atoms with Gasteiger partial charge in [0.05, 0.1) is 6.61 Å². The van der Waals surface area contributed by atoms with E-state index in [-0.39, 0.29) is 17.9 Å². The third-order valence-corrected chi connectivity index (χ3v) is 3.73. The molecule has 0 saturated carbocycles. The normalized spacial score (nSPS) is 37.4. The van der Waals surface area contributed by atoms with Crippen molar-refractivity contribution < 1.29 is 19.1 Å². The fourth-order valence-electron chi connectivity index (χ4n) is 2.64. The van der Waals surface area contributed by atoms with Crippen LogP contribution in [0.3, 0.4) is 0 Å². The summed E-state index contributed by atoms with van der Waals surface area (Å²) in [6.45, 7) is 5.59. The Hall–Kier alpha value is -1.32. The third-order valence-electron chi connectivity index (χ3n) is 3.73. The number of cyclic esters (lactones) is 1. The Morgan fingerprint density at radius 3 is 2.94 bits per heavy atom. The van der Waals surface area contributed by atoms with E-state index in [1.165, 1.54) is 6.92 Å². The second-order valence-corrected chi connectivity index (χ2v) is 4.72. The summed E-state index contributed by atoms with van der Waals surface area (Å²) in [5.74, 6) is -0.563. The number of rotatable bonds is 1. The molecule has 0 spiro atoms. The highest BCUT2D eigenvalue weighted by atomic mass is 16.6. The predicted molar refractivity (Wildman–Crippen MR) is 56.5 cm³/mol. The molecule has 1 aliphatic carbocycles. The highest BCUT2D eigenvalue weighted by Gasteiger charge is 2.57. The molecular formula is C12H16O4. The smallest absolute Gasteiger partial charge is 0.316 e. The highest BCUT2D eigenvalue weighted by molar-refractivity contribution is 5.81. The SMILES string of the molecule is CC(=O)OC1CC=C(C)C2COC(=O)C12C. The molecule has 3 unspecified atom stereocenters. The van der Waals surface area contributed by atoms with Crippen molar-refractivity contribution in [1.29, 1.82) is 0 Å². The van der Waals surface area contributed by atoms with Gasteiger partial charge >= 0.3 is 11.9 Å². The largest absolute Gasteiger partial charge is 0.464 e. The summed E-state index contributed by atoms with van der Waals surface area (Å²) in [6, 6.07) is 0. The first-order valence-electron chi connectivity index (χ1n) is 5.47. The van der Waals surface area contributed by atoms with Crippen LogP contribution < -0.4 is 0 Å². The van der Waals surface area contributed by atoms with Gasteiger partial charge in [-0.15, -0.1) is 0 Å². The quantitative estimate of drug-likeness (QED) is 0.499. The molecule has 1 heterocycles. The molecule has 0 bridgehead atoms. The summed E-state index contributed by atoms with van der Waals surface area (Å²) in [6.07, 6.45) is 2.23. The van der Waals surface area contributed by atoms with Crippen molar-refractivity contribution in [2.45, 2.75) is 33.3 Å². The summed E-state index contributed by atoms with van der Waals surface area (Å²) < 4.78 is 10.4. The summed E-state index contributed by atoms with van der Waals surface area (Å²) in [5.41, 5.74) is 0.446. The van der Waals surface area contributed by atoms with Crippen LogP contribution in [0.4, 0.5) is 0 Å². The first kappa shape index (κ1) is 11.2. The van der Waals surface area contributed by atoms with E-state index in [1.54, 1.807) is 0 Å². The molecule has 0 aromatic carbocycles. The van der Waals surface area contributed by atoms with E-state index in [0.717, 1.165) is 5.57 Å². The molecule has 3 atom stereocenters. The van der Waals surface area contributed by atoms with Crippen molar-refractivity contribution >= 4 is 11.9 Å². The zero-order valence-electron chi connectivity index (χ0n) is 9.78. The molecule has 4 nitrogen and oxygen atoms in total. The van der Waals surface area contributed by atoms with E-state index >= 15 is 0 Å². The van der Waals surface area contributed by atoms with Crippen molar-refractivity contribution in [3.8, 4) is 0 Å². The molecule has 1 fully saturated rings. The number of carbonyl (C=O) groups excluding carboxylic acids is 2. The summed E-state index contributed by atoms with van der Waals surface area (Å²) in [5, 5.41) is 0. The van der Waals surface area contributed by atoms with Crippen molar-refractivity contribution in [3.63, 3.8) is 0 Å². The molecule has 16 heavy (non-hydrogen) atoms. The summed E-state index contributed by atoms with van der Waals surface area (Å²) in [7, 11) is 0. The first-order valence-corrected chi connectivity index (χ1v) is 5.47. The van der Waals surface area contributed by atoms with Crippen molar-refractivity contribution in [1.82, 2.24) is 0 Å². The van der Waals surface area contributed by atoms with Gasteiger partial charge in [0.25, 0.3) is 0 Å². The highest BCUT2D eigenvalue weighted by Crippen LogP contribution is 2.47. The Labute approximate surface area is 94.6 Å². The van der Waals surface area contributed by atoms with E-state index in [9.17, 15) is 9.59 Å². The van der Waals surface area contributed by atoms with E-state index in [4.69, 9.17) is 9.47 Å². The lowest BCUT2D eigenvalue weighted by Crippen LogP contribution is -2.46. The molecule has 2 aliphatic rings. The number of ether oxygens (including phenoxy) is 2. The second-order valence-electron chi connectivity index (χ2n) is 4.72. The van der Waals surface area contributed by atoms with Gasteiger partial charge in [-0.25, -0.2) is 0 Å². The maximum atomic E-state index is 11.8. The Kier molecular flexibility index (Phi) is 2.52. The number of hydrogen-bond donors (Lipinski definition) is 0. The number of fused-ring (bicyclic) bond motifs is 1. The number of esters is 2. The molecule has 0 radical (unpaired) electrons. The van der Waals surface area contributed by atoms with Crippen molar-refractivity contribution in [2.75, 3.05) is 6.61 Å². The van der Waals surface area contributed by atoms with Crippen LogP contribution in [0.1, 0.15) is 27.2 Å². The van der Waals surface area contributed by atoms with Crippen LogP contribution in [0.5, 0.6) is 0 Å². The summed E-state index contributed by atoms with van der Waals surface area (Å²) >= 11 is 0. The lowest BCUT2D eigenvalue weighted by Gasteiger charge is -2.37. The number of carbonyl (C=O) groups is 2. The van der Waals surface area contributed by atoms with E-state index in [0.29, 0.717) is 13.0 Å². The lowest BCUT2D eigenvalue weighted by atomic mass is 9.67. The standard InChI is InChI=1S/C12H16O4/c1-7-4-5-10(16-8(2)13)12(3)9(7)6-15-11(12)14/h4,9-10H,5-6H2,1-3H3. The van der Waals surface area contributed by atoms with Crippen LogP contribution in [-0.2, 0) is 19.1 Å². The Bertz CT molecular complexity index is 371. The zero-order valence-corrected chi connectivity index (χ0v) is 9.78. The van der Waals surface area contributed by atoms with Gasteiger partial charge in [0.1, 0.15) is 11.5 Å². The molecule has 1 saturated heterocycles. The van der Waals surface area contributed by atoms with Crippen LogP contribution >= 0.6 is 0 Å². The minimum atomic E-state index is -0.704. The molecule has 4 heteroatoms.